The summed E-state index contributed by atoms with van der Waals surface area (Å²) in [4.78, 5) is 11.5. The zero-order valence-electron chi connectivity index (χ0n) is 19.1. The molecule has 0 saturated carbocycles. The van der Waals surface area contributed by atoms with Crippen LogP contribution in [0.4, 0.5) is 4.79 Å². The quantitative estimate of drug-likeness (QED) is 0.306. The number of nitrogens with one attached hydrogen (secondary N) is 1. The Bertz CT molecular complexity index is 946. The van der Waals surface area contributed by atoms with Crippen LogP contribution in [0.5, 0.6) is 0 Å². The zero-order chi connectivity index (χ0) is 24.3. The van der Waals surface area contributed by atoms with Crippen molar-refractivity contribution >= 4 is 17.7 Å². The summed E-state index contributed by atoms with van der Waals surface area (Å²) in [7, 11) is 0. The maximum Gasteiger partial charge on any atom is 0.407 e. The third-order valence-electron chi connectivity index (χ3n) is 4.57. The maximum absolute atomic E-state index is 11.5. The van der Waals surface area contributed by atoms with E-state index in [0.29, 0.717) is 25.6 Å². The van der Waals surface area contributed by atoms with Gasteiger partial charge in [-0.05, 0) is 22.3 Å². The van der Waals surface area contributed by atoms with Gasteiger partial charge >= 0.3 is 6.09 Å². The van der Waals surface area contributed by atoms with E-state index in [1.165, 1.54) is 11.1 Å². The molecular weight excluding hydrogens is 444 g/mol. The van der Waals surface area contributed by atoms with Crippen molar-refractivity contribution < 1.29 is 9.53 Å². The molecule has 0 atom stereocenters. The van der Waals surface area contributed by atoms with Gasteiger partial charge in [-0.25, -0.2) is 4.79 Å². The maximum atomic E-state index is 11.5. The number of carbonyl (C=O) groups is 1. The number of halogens is 1. The van der Waals surface area contributed by atoms with Gasteiger partial charge in [-0.1, -0.05) is 121 Å². The molecule has 4 aromatic rings. The summed E-state index contributed by atoms with van der Waals surface area (Å²) in [5.74, 6) is 0.612. The van der Waals surface area contributed by atoms with E-state index in [1.807, 2.05) is 121 Å². The van der Waals surface area contributed by atoms with Gasteiger partial charge in [0.15, 0.2) is 0 Å². The highest BCUT2D eigenvalue weighted by Crippen LogP contribution is 2.02. The van der Waals surface area contributed by atoms with Crippen molar-refractivity contribution in [1.29, 1.82) is 0 Å². The van der Waals surface area contributed by atoms with Crippen LogP contribution in [0.25, 0.3) is 0 Å². The number of rotatable bonds is 6. The standard InChI is InChI=1S/C15H15NO2.C7H7Cl.C7H9N/c17-15(16-11-13-7-3-1-4-8-13)18-12-14-9-5-2-6-10-14;2*8-6-7-4-2-1-3-5-7/h1-10H,11-12H2,(H,16,17);1-5H,6H2;1-5H,6,8H2. The van der Waals surface area contributed by atoms with Gasteiger partial charge in [0, 0.05) is 19.0 Å². The van der Waals surface area contributed by atoms with Crippen LogP contribution < -0.4 is 11.1 Å². The Hall–Kier alpha value is -3.60. The highest BCUT2D eigenvalue weighted by molar-refractivity contribution is 6.17. The van der Waals surface area contributed by atoms with Gasteiger partial charge in [0.25, 0.3) is 0 Å². The summed E-state index contributed by atoms with van der Waals surface area (Å²) in [5.41, 5.74) is 9.74. The van der Waals surface area contributed by atoms with Crippen molar-refractivity contribution in [2.75, 3.05) is 0 Å². The van der Waals surface area contributed by atoms with Crippen LogP contribution in [0.3, 0.4) is 0 Å². The van der Waals surface area contributed by atoms with E-state index in [4.69, 9.17) is 22.1 Å². The van der Waals surface area contributed by atoms with Crippen molar-refractivity contribution in [3.8, 4) is 0 Å². The molecule has 4 rings (SSSR count). The van der Waals surface area contributed by atoms with E-state index in [1.54, 1.807) is 0 Å². The van der Waals surface area contributed by atoms with E-state index in [0.717, 1.165) is 11.1 Å². The first kappa shape index (κ1) is 26.7. The normalized spacial score (nSPS) is 9.47. The lowest BCUT2D eigenvalue weighted by Crippen LogP contribution is -2.23. The fourth-order valence-electron chi connectivity index (χ4n) is 2.73. The van der Waals surface area contributed by atoms with Crippen LogP contribution in [0.2, 0.25) is 0 Å². The van der Waals surface area contributed by atoms with Crippen molar-refractivity contribution in [2.45, 2.75) is 25.6 Å². The number of carbonyl (C=O) groups excluding carboxylic acids is 1. The Morgan fingerprint density at radius 1 is 0.647 bits per heavy atom. The van der Waals surface area contributed by atoms with Crippen molar-refractivity contribution in [3.05, 3.63) is 144 Å². The van der Waals surface area contributed by atoms with Gasteiger partial charge < -0.3 is 15.8 Å². The van der Waals surface area contributed by atoms with Crippen LogP contribution in [-0.4, -0.2) is 6.09 Å². The van der Waals surface area contributed by atoms with E-state index in [-0.39, 0.29) is 0 Å². The number of alkyl halides is 1. The first-order valence-electron chi connectivity index (χ1n) is 11.0. The smallest absolute Gasteiger partial charge is 0.407 e. The van der Waals surface area contributed by atoms with Crippen molar-refractivity contribution in [1.82, 2.24) is 5.32 Å². The second-order valence-corrected chi connectivity index (χ2v) is 7.48. The topological polar surface area (TPSA) is 64.4 Å². The molecule has 5 heteroatoms. The molecule has 4 nitrogen and oxygen atoms in total. The number of hydrogen-bond donors (Lipinski definition) is 2. The molecule has 176 valence electrons. The number of benzene rings is 4. The van der Waals surface area contributed by atoms with E-state index < -0.39 is 6.09 Å². The molecule has 0 unspecified atom stereocenters. The molecule has 0 heterocycles. The third-order valence-corrected chi connectivity index (χ3v) is 4.88. The fraction of sp³-hybridized carbons (Fsp3) is 0.138. The molecule has 0 aliphatic rings. The molecule has 0 fully saturated rings. The fourth-order valence-corrected chi connectivity index (χ4v) is 2.90. The van der Waals surface area contributed by atoms with Gasteiger partial charge in [-0.3, -0.25) is 0 Å². The van der Waals surface area contributed by atoms with Gasteiger partial charge in [-0.15, -0.1) is 11.6 Å². The molecule has 1 amide bonds. The van der Waals surface area contributed by atoms with Gasteiger partial charge in [0.2, 0.25) is 0 Å². The molecular formula is C29H31ClN2O2. The summed E-state index contributed by atoms with van der Waals surface area (Å²) < 4.78 is 5.10. The highest BCUT2D eigenvalue weighted by atomic mass is 35.5. The lowest BCUT2D eigenvalue weighted by molar-refractivity contribution is 0.139. The molecule has 0 aliphatic heterocycles. The van der Waals surface area contributed by atoms with Gasteiger partial charge in [0.1, 0.15) is 6.61 Å². The molecule has 0 spiro atoms. The average Bonchev–Trinajstić information content (AvgIpc) is 2.93. The minimum Gasteiger partial charge on any atom is -0.445 e. The number of alkyl carbamates (subject to hydrolysis) is 1. The number of hydrogen-bond acceptors (Lipinski definition) is 3. The third kappa shape index (κ3) is 11.9. The molecule has 3 N–H and O–H groups in total. The molecule has 0 aliphatic carbocycles. The predicted molar refractivity (Wildman–Crippen MR) is 140 cm³/mol. The largest absolute Gasteiger partial charge is 0.445 e. The second kappa shape index (κ2) is 17.0. The molecule has 0 radical (unpaired) electrons. The van der Waals surface area contributed by atoms with E-state index in [2.05, 4.69) is 5.32 Å². The Morgan fingerprint density at radius 2 is 1.06 bits per heavy atom. The Morgan fingerprint density at radius 3 is 1.44 bits per heavy atom. The van der Waals surface area contributed by atoms with Crippen molar-refractivity contribution in [3.63, 3.8) is 0 Å². The summed E-state index contributed by atoms with van der Waals surface area (Å²) in [6.45, 7) is 1.41. The first-order valence-corrected chi connectivity index (χ1v) is 11.6. The molecule has 4 aromatic carbocycles. The SMILES string of the molecule is ClCc1ccccc1.NCc1ccccc1.O=C(NCc1ccccc1)OCc1ccccc1. The van der Waals surface area contributed by atoms with Crippen LogP contribution in [0.15, 0.2) is 121 Å². The number of ether oxygens (including phenoxy) is 1. The average molecular weight is 475 g/mol. The Labute approximate surface area is 207 Å². The number of amides is 1. The van der Waals surface area contributed by atoms with Crippen LogP contribution in [0, 0.1) is 0 Å². The number of nitrogens with two attached hydrogens (primary N) is 1. The van der Waals surface area contributed by atoms with Crippen LogP contribution in [0.1, 0.15) is 22.3 Å². The minimum atomic E-state index is -0.400. The molecule has 0 saturated heterocycles. The monoisotopic (exact) mass is 474 g/mol. The molecule has 0 aromatic heterocycles. The van der Waals surface area contributed by atoms with Gasteiger partial charge in [0.05, 0.1) is 0 Å². The Kier molecular flexibility index (Phi) is 13.3. The lowest BCUT2D eigenvalue weighted by atomic mass is 10.2. The van der Waals surface area contributed by atoms with E-state index in [9.17, 15) is 4.79 Å². The summed E-state index contributed by atoms with van der Waals surface area (Å²) in [5, 5.41) is 2.71. The molecule has 34 heavy (non-hydrogen) atoms. The minimum absolute atomic E-state index is 0.293. The molecule has 0 bridgehead atoms. The highest BCUT2D eigenvalue weighted by Gasteiger charge is 2.02. The van der Waals surface area contributed by atoms with Crippen LogP contribution in [-0.2, 0) is 30.3 Å². The Balaban J connectivity index is 0.000000210. The first-order chi connectivity index (χ1) is 16.7. The summed E-state index contributed by atoms with van der Waals surface area (Å²) >= 11 is 5.53. The summed E-state index contributed by atoms with van der Waals surface area (Å²) in [6, 6.07) is 39.3. The predicted octanol–water partition coefficient (Wildman–Crippen LogP) is 6.68. The second-order valence-electron chi connectivity index (χ2n) is 7.21. The lowest BCUT2D eigenvalue weighted by Gasteiger charge is -2.07. The zero-order valence-corrected chi connectivity index (χ0v) is 19.9. The van der Waals surface area contributed by atoms with E-state index >= 15 is 0 Å². The summed E-state index contributed by atoms with van der Waals surface area (Å²) in [6.07, 6.45) is -0.400. The van der Waals surface area contributed by atoms with Crippen LogP contribution >= 0.6 is 11.6 Å². The van der Waals surface area contributed by atoms with Gasteiger partial charge in [-0.2, -0.15) is 0 Å². The van der Waals surface area contributed by atoms with Crippen molar-refractivity contribution in [2.24, 2.45) is 5.73 Å².